The van der Waals surface area contributed by atoms with Crippen molar-refractivity contribution < 1.29 is 23.4 Å². The summed E-state index contributed by atoms with van der Waals surface area (Å²) in [4.78, 5) is 12.0. The molecule has 0 aliphatic rings. The van der Waals surface area contributed by atoms with Crippen LogP contribution >= 0.6 is 11.8 Å². The van der Waals surface area contributed by atoms with Gasteiger partial charge in [-0.1, -0.05) is 30.0 Å². The van der Waals surface area contributed by atoms with Crippen LogP contribution in [0.15, 0.2) is 33.8 Å². The molecule has 0 radical (unpaired) electrons. The lowest BCUT2D eigenvalue weighted by atomic mass is 10.1. The maximum atomic E-state index is 12.0. The molecule has 0 atom stereocenters. The molecule has 5 nitrogen and oxygen atoms in total. The molecular formula is C18H20O5S. The highest BCUT2D eigenvalue weighted by molar-refractivity contribution is 7.98. The molecule has 0 aliphatic heterocycles. The maximum absolute atomic E-state index is 12.0. The quantitative estimate of drug-likeness (QED) is 0.547. The highest BCUT2D eigenvalue weighted by Gasteiger charge is 2.17. The maximum Gasteiger partial charge on any atom is 0.374 e. The molecule has 0 N–H and O–H groups in total. The van der Waals surface area contributed by atoms with Crippen LogP contribution in [0.4, 0.5) is 0 Å². The molecule has 0 saturated carbocycles. The van der Waals surface area contributed by atoms with Crippen molar-refractivity contribution in [3.05, 3.63) is 41.2 Å². The summed E-state index contributed by atoms with van der Waals surface area (Å²) >= 11 is 1.43. The molecule has 0 fully saturated rings. The van der Waals surface area contributed by atoms with Crippen LogP contribution in [0.2, 0.25) is 0 Å². The van der Waals surface area contributed by atoms with Crippen molar-refractivity contribution in [2.45, 2.75) is 12.0 Å². The second-order valence-corrected chi connectivity index (χ2v) is 5.53. The first-order valence-electron chi connectivity index (χ1n) is 7.38. The van der Waals surface area contributed by atoms with Crippen LogP contribution in [-0.4, -0.2) is 33.1 Å². The number of methoxy groups -OCH3 is 2. The van der Waals surface area contributed by atoms with Crippen LogP contribution in [-0.2, 0) is 4.74 Å². The van der Waals surface area contributed by atoms with Gasteiger partial charge in [0.25, 0.3) is 0 Å². The lowest BCUT2D eigenvalue weighted by molar-refractivity contribution is 0.0484. The second-order valence-electron chi connectivity index (χ2n) is 4.72. The number of furan rings is 1. The van der Waals surface area contributed by atoms with Crippen LogP contribution < -0.4 is 9.47 Å². The Morgan fingerprint density at radius 1 is 1.17 bits per heavy atom. The van der Waals surface area contributed by atoms with E-state index in [1.54, 1.807) is 21.1 Å². The van der Waals surface area contributed by atoms with E-state index in [-0.39, 0.29) is 5.76 Å². The van der Waals surface area contributed by atoms with Crippen molar-refractivity contribution in [1.29, 1.82) is 0 Å². The molecule has 0 spiro atoms. The molecule has 128 valence electrons. The summed E-state index contributed by atoms with van der Waals surface area (Å²) in [5, 5.41) is 0.657. The van der Waals surface area contributed by atoms with Crippen molar-refractivity contribution in [1.82, 2.24) is 0 Å². The smallest absolute Gasteiger partial charge is 0.374 e. The van der Waals surface area contributed by atoms with Gasteiger partial charge in [-0.2, -0.15) is 0 Å². The van der Waals surface area contributed by atoms with Gasteiger partial charge in [0.15, 0.2) is 16.6 Å². The van der Waals surface area contributed by atoms with Crippen LogP contribution in [0.5, 0.6) is 11.5 Å². The first kappa shape index (κ1) is 18.0. The first-order valence-corrected chi connectivity index (χ1v) is 8.60. The van der Waals surface area contributed by atoms with Crippen molar-refractivity contribution in [3.63, 3.8) is 0 Å². The van der Waals surface area contributed by atoms with E-state index in [0.29, 0.717) is 28.8 Å². The van der Waals surface area contributed by atoms with E-state index >= 15 is 0 Å². The van der Waals surface area contributed by atoms with Crippen molar-refractivity contribution in [2.24, 2.45) is 0 Å². The predicted octanol–water partition coefficient (Wildman–Crippen LogP) is 4.37. The second kappa shape index (κ2) is 8.49. The topological polar surface area (TPSA) is 57.9 Å². The summed E-state index contributed by atoms with van der Waals surface area (Å²) in [6, 6.07) is 7.40. The normalized spacial score (nSPS) is 10.8. The van der Waals surface area contributed by atoms with Gasteiger partial charge in [0.1, 0.15) is 0 Å². The Morgan fingerprint density at radius 2 is 1.92 bits per heavy atom. The van der Waals surface area contributed by atoms with Gasteiger partial charge >= 0.3 is 5.97 Å². The number of carbonyl (C=O) groups is 1. The molecule has 24 heavy (non-hydrogen) atoms. The predicted molar refractivity (Wildman–Crippen MR) is 94.9 cm³/mol. The van der Waals surface area contributed by atoms with E-state index in [1.807, 2.05) is 42.7 Å². The Kier molecular flexibility index (Phi) is 6.37. The Morgan fingerprint density at radius 3 is 2.54 bits per heavy atom. The number of carbonyl (C=O) groups excluding carboxylic acids is 1. The monoisotopic (exact) mass is 348 g/mol. The summed E-state index contributed by atoms with van der Waals surface area (Å²) in [7, 11) is 3.18. The third kappa shape index (κ3) is 4.14. The number of hydrogen-bond donors (Lipinski definition) is 0. The Bertz CT molecular complexity index is 733. The number of benzene rings is 1. The zero-order chi connectivity index (χ0) is 17.5. The fourth-order valence-corrected chi connectivity index (χ4v) is 2.52. The van der Waals surface area contributed by atoms with Gasteiger partial charge in [0.2, 0.25) is 5.76 Å². The van der Waals surface area contributed by atoms with Gasteiger partial charge in [-0.15, -0.1) is 0 Å². The summed E-state index contributed by atoms with van der Waals surface area (Å²) in [6.45, 7) is 2.06. The molecule has 6 heteroatoms. The van der Waals surface area contributed by atoms with Crippen molar-refractivity contribution in [2.75, 3.05) is 27.1 Å². The summed E-state index contributed by atoms with van der Waals surface area (Å²) < 4.78 is 21.1. The number of esters is 1. The van der Waals surface area contributed by atoms with E-state index < -0.39 is 5.97 Å². The number of ether oxygens (including phenoxy) is 3. The number of rotatable bonds is 7. The Hall–Kier alpha value is -2.34. The molecule has 1 aromatic heterocycles. The van der Waals surface area contributed by atoms with Gasteiger partial charge in [-0.3, -0.25) is 0 Å². The minimum atomic E-state index is -0.468. The summed E-state index contributed by atoms with van der Waals surface area (Å²) in [6.07, 6.45) is 5.58. The Labute approximate surface area is 145 Å². The molecule has 2 aromatic rings. The van der Waals surface area contributed by atoms with Gasteiger partial charge in [0.05, 0.1) is 20.8 Å². The first-order chi connectivity index (χ1) is 11.6. The zero-order valence-electron chi connectivity index (χ0n) is 14.1. The van der Waals surface area contributed by atoms with E-state index in [0.717, 1.165) is 5.56 Å². The lowest BCUT2D eigenvalue weighted by Gasteiger charge is -2.07. The van der Waals surface area contributed by atoms with Crippen LogP contribution in [0.3, 0.4) is 0 Å². The van der Waals surface area contributed by atoms with E-state index in [4.69, 9.17) is 18.6 Å². The van der Waals surface area contributed by atoms with Crippen molar-refractivity contribution in [3.8, 4) is 11.5 Å². The average molecular weight is 348 g/mol. The molecule has 0 amide bonds. The molecule has 0 aliphatic carbocycles. The van der Waals surface area contributed by atoms with Crippen LogP contribution in [0.1, 0.15) is 28.6 Å². The SMILES string of the molecule is CCOC(=O)c1oc(SC)cc1/C=C/c1ccc(OC)c(OC)c1. The summed E-state index contributed by atoms with van der Waals surface area (Å²) in [5.74, 6) is 1.04. The van der Waals surface area contributed by atoms with Crippen molar-refractivity contribution >= 4 is 29.9 Å². The van der Waals surface area contributed by atoms with Gasteiger partial charge in [-0.05, 0) is 36.9 Å². The molecule has 0 bridgehead atoms. The highest BCUT2D eigenvalue weighted by atomic mass is 32.2. The van der Waals surface area contributed by atoms with E-state index in [9.17, 15) is 4.79 Å². The minimum Gasteiger partial charge on any atom is -0.493 e. The van der Waals surface area contributed by atoms with Gasteiger partial charge in [0, 0.05) is 5.56 Å². The standard InChI is InChI=1S/C18H20O5S/c1-5-22-18(19)17-13(11-16(23-17)24-4)8-6-12-7-9-14(20-2)15(10-12)21-3/h6-11H,5H2,1-4H3/b8-6+. The summed E-state index contributed by atoms with van der Waals surface area (Å²) in [5.41, 5.74) is 1.59. The minimum absolute atomic E-state index is 0.206. The van der Waals surface area contributed by atoms with E-state index in [1.165, 1.54) is 11.8 Å². The third-order valence-corrected chi connectivity index (χ3v) is 3.87. The van der Waals surface area contributed by atoms with Crippen LogP contribution in [0, 0.1) is 0 Å². The highest BCUT2D eigenvalue weighted by Crippen LogP contribution is 2.29. The number of hydrogen-bond acceptors (Lipinski definition) is 6. The lowest BCUT2D eigenvalue weighted by Crippen LogP contribution is -2.04. The molecule has 1 aromatic carbocycles. The molecular weight excluding hydrogens is 328 g/mol. The third-order valence-electron chi connectivity index (χ3n) is 3.26. The largest absolute Gasteiger partial charge is 0.493 e. The molecule has 1 heterocycles. The van der Waals surface area contributed by atoms with Crippen LogP contribution in [0.25, 0.3) is 12.2 Å². The van der Waals surface area contributed by atoms with E-state index in [2.05, 4.69) is 0 Å². The fourth-order valence-electron chi connectivity index (χ4n) is 2.10. The molecule has 0 saturated heterocycles. The zero-order valence-corrected chi connectivity index (χ0v) is 14.9. The Balaban J connectivity index is 2.31. The molecule has 0 unspecified atom stereocenters. The fraction of sp³-hybridized carbons (Fsp3) is 0.278. The number of thioether (sulfide) groups is 1. The van der Waals surface area contributed by atoms with Gasteiger partial charge in [-0.25, -0.2) is 4.79 Å². The molecule has 2 rings (SSSR count). The van der Waals surface area contributed by atoms with Gasteiger partial charge < -0.3 is 18.6 Å². The average Bonchev–Trinajstić information content (AvgIpc) is 3.03.